The molecule has 39 heavy (non-hydrogen) atoms. The molecule has 0 radical (unpaired) electrons. The van der Waals surface area contributed by atoms with Crippen molar-refractivity contribution in [3.05, 3.63) is 70.4 Å². The smallest absolute Gasteiger partial charge is 0.354 e. The number of aromatic nitrogens is 2. The highest BCUT2D eigenvalue weighted by molar-refractivity contribution is 6.00. The standard InChI is InChI=1S/C14H19FN2O3.C13H15FN2O3/c1-5-10-6-9(15)7-11(16-10)13(18)17-12(8(2)3)14(19)20-4;1-4-9-6-8(14)7-11(15-9)12(17)16-10(5-2)13(18)19-3/h6-8,12H,5H2,1-4H3,(H,17,18);5-7H,4H2,1-3H3,(H,16,17)/b;10-5+. The van der Waals surface area contributed by atoms with Gasteiger partial charge in [0.05, 0.1) is 14.2 Å². The van der Waals surface area contributed by atoms with Crippen LogP contribution in [0.2, 0.25) is 0 Å². The Morgan fingerprint density at radius 2 is 1.36 bits per heavy atom. The minimum atomic E-state index is -0.789. The van der Waals surface area contributed by atoms with Crippen LogP contribution in [0, 0.1) is 17.6 Å². The van der Waals surface area contributed by atoms with Crippen LogP contribution in [0.15, 0.2) is 36.0 Å². The number of esters is 2. The summed E-state index contributed by atoms with van der Waals surface area (Å²) >= 11 is 0. The highest BCUT2D eigenvalue weighted by atomic mass is 19.1. The van der Waals surface area contributed by atoms with E-state index in [1.807, 2.05) is 6.92 Å². The molecule has 2 rings (SSSR count). The molecule has 2 N–H and O–H groups in total. The van der Waals surface area contributed by atoms with Gasteiger partial charge < -0.3 is 20.1 Å². The van der Waals surface area contributed by atoms with Crippen LogP contribution in [0.5, 0.6) is 0 Å². The summed E-state index contributed by atoms with van der Waals surface area (Å²) in [6, 6.07) is 3.80. The average molecular weight is 549 g/mol. The minimum absolute atomic E-state index is 0.0170. The van der Waals surface area contributed by atoms with Crippen molar-refractivity contribution in [1.82, 2.24) is 20.6 Å². The van der Waals surface area contributed by atoms with Crippen LogP contribution >= 0.6 is 0 Å². The fourth-order valence-electron chi connectivity index (χ4n) is 3.07. The number of hydrogen-bond donors (Lipinski definition) is 2. The van der Waals surface area contributed by atoms with Gasteiger partial charge in [-0.2, -0.15) is 0 Å². The van der Waals surface area contributed by atoms with E-state index in [4.69, 9.17) is 0 Å². The number of halogens is 2. The quantitative estimate of drug-likeness (QED) is 0.360. The van der Waals surface area contributed by atoms with E-state index >= 15 is 0 Å². The van der Waals surface area contributed by atoms with Crippen LogP contribution in [-0.4, -0.2) is 54.0 Å². The van der Waals surface area contributed by atoms with Crippen LogP contribution in [-0.2, 0) is 31.9 Å². The molecule has 10 nitrogen and oxygen atoms in total. The summed E-state index contributed by atoms with van der Waals surface area (Å²) in [4.78, 5) is 54.8. The highest BCUT2D eigenvalue weighted by Gasteiger charge is 2.26. The lowest BCUT2D eigenvalue weighted by molar-refractivity contribution is -0.144. The number of hydrogen-bond acceptors (Lipinski definition) is 8. The molecule has 1 unspecified atom stereocenters. The van der Waals surface area contributed by atoms with E-state index in [1.165, 1.54) is 32.4 Å². The summed E-state index contributed by atoms with van der Waals surface area (Å²) < 4.78 is 35.8. The first kappa shape index (κ1) is 32.8. The van der Waals surface area contributed by atoms with Gasteiger partial charge in [-0.15, -0.1) is 0 Å². The number of carbonyl (C=O) groups is 4. The van der Waals surface area contributed by atoms with Gasteiger partial charge in [0.2, 0.25) is 0 Å². The first-order valence-electron chi connectivity index (χ1n) is 12.2. The van der Waals surface area contributed by atoms with E-state index < -0.39 is 41.4 Å². The molecule has 0 bridgehead atoms. The molecule has 0 aliphatic carbocycles. The molecule has 0 saturated heterocycles. The Morgan fingerprint density at radius 1 is 0.872 bits per heavy atom. The van der Waals surface area contributed by atoms with Crippen molar-refractivity contribution in [3.8, 4) is 0 Å². The summed E-state index contributed by atoms with van der Waals surface area (Å²) in [5.74, 6) is -3.69. The zero-order valence-electron chi connectivity index (χ0n) is 23.1. The summed E-state index contributed by atoms with van der Waals surface area (Å²) in [5.41, 5.74) is 0.799. The first-order valence-corrected chi connectivity index (χ1v) is 12.2. The Morgan fingerprint density at radius 3 is 1.74 bits per heavy atom. The van der Waals surface area contributed by atoms with Gasteiger partial charge in [-0.3, -0.25) is 9.59 Å². The van der Waals surface area contributed by atoms with Crippen molar-refractivity contribution in [2.45, 2.75) is 53.5 Å². The van der Waals surface area contributed by atoms with Crippen molar-refractivity contribution >= 4 is 23.8 Å². The summed E-state index contributed by atoms with van der Waals surface area (Å²) in [6.07, 6.45) is 2.41. The first-order chi connectivity index (χ1) is 18.4. The van der Waals surface area contributed by atoms with E-state index in [1.54, 1.807) is 27.7 Å². The van der Waals surface area contributed by atoms with Crippen LogP contribution in [0.1, 0.15) is 67.0 Å². The van der Waals surface area contributed by atoms with E-state index in [0.29, 0.717) is 24.2 Å². The molecule has 0 spiro atoms. The molecule has 0 saturated carbocycles. The number of aryl methyl sites for hydroxylation is 2. The van der Waals surface area contributed by atoms with Crippen molar-refractivity contribution < 1.29 is 37.4 Å². The number of allylic oxidation sites excluding steroid dienone is 1. The largest absolute Gasteiger partial charge is 0.467 e. The molecule has 0 aliphatic heterocycles. The lowest BCUT2D eigenvalue weighted by atomic mass is 10.0. The second-order valence-corrected chi connectivity index (χ2v) is 8.40. The number of amides is 2. The number of nitrogens with zero attached hydrogens (tertiary/aromatic N) is 2. The Kier molecular flexibility index (Phi) is 13.4. The van der Waals surface area contributed by atoms with Gasteiger partial charge >= 0.3 is 11.9 Å². The van der Waals surface area contributed by atoms with Crippen LogP contribution in [0.4, 0.5) is 8.78 Å². The molecule has 212 valence electrons. The topological polar surface area (TPSA) is 137 Å². The van der Waals surface area contributed by atoms with Crippen molar-refractivity contribution in [2.24, 2.45) is 5.92 Å². The minimum Gasteiger partial charge on any atom is -0.467 e. The average Bonchev–Trinajstić information content (AvgIpc) is 2.92. The van der Waals surface area contributed by atoms with Crippen LogP contribution < -0.4 is 10.6 Å². The Bertz CT molecular complexity index is 1220. The lowest BCUT2D eigenvalue weighted by Crippen LogP contribution is -2.45. The van der Waals surface area contributed by atoms with Gasteiger partial charge in [-0.05, 0) is 37.8 Å². The number of nitrogens with one attached hydrogen (secondary N) is 2. The zero-order chi connectivity index (χ0) is 29.7. The molecule has 0 fully saturated rings. The zero-order valence-corrected chi connectivity index (χ0v) is 23.1. The Labute approximate surface area is 226 Å². The monoisotopic (exact) mass is 548 g/mol. The van der Waals surface area contributed by atoms with E-state index in [2.05, 4.69) is 30.1 Å². The Hall–Kier alpha value is -4.22. The molecule has 2 aromatic rings. The summed E-state index contributed by atoms with van der Waals surface area (Å²) in [5, 5.41) is 4.85. The van der Waals surface area contributed by atoms with Crippen LogP contribution in [0.25, 0.3) is 0 Å². The SMILES string of the molecule is C/C=C(/NC(=O)c1cc(F)cc(CC)n1)C(=O)OC.CCc1cc(F)cc(C(=O)NC(C(=O)OC)C(C)C)n1. The molecule has 2 amide bonds. The lowest BCUT2D eigenvalue weighted by Gasteiger charge is -2.19. The number of pyridine rings is 2. The molecular formula is C27H34F2N4O6. The molecule has 0 aliphatic rings. The second-order valence-electron chi connectivity index (χ2n) is 8.40. The third kappa shape index (κ3) is 10.2. The molecular weight excluding hydrogens is 514 g/mol. The van der Waals surface area contributed by atoms with Gasteiger partial charge in [0.25, 0.3) is 11.8 Å². The Balaban J connectivity index is 0.000000391. The van der Waals surface area contributed by atoms with Gasteiger partial charge in [-0.25, -0.2) is 28.3 Å². The van der Waals surface area contributed by atoms with Gasteiger partial charge in [0.1, 0.15) is 34.8 Å². The maximum atomic E-state index is 13.4. The second kappa shape index (κ2) is 15.9. The third-order valence-electron chi connectivity index (χ3n) is 5.23. The molecule has 0 aromatic carbocycles. The highest BCUT2D eigenvalue weighted by Crippen LogP contribution is 2.09. The fourth-order valence-corrected chi connectivity index (χ4v) is 3.07. The van der Waals surface area contributed by atoms with E-state index in [-0.39, 0.29) is 23.0 Å². The molecule has 12 heteroatoms. The van der Waals surface area contributed by atoms with Crippen LogP contribution in [0.3, 0.4) is 0 Å². The summed E-state index contributed by atoms with van der Waals surface area (Å²) in [6.45, 7) is 8.74. The normalized spacial score (nSPS) is 11.6. The van der Waals surface area contributed by atoms with Crippen molar-refractivity contribution in [3.63, 3.8) is 0 Å². The maximum Gasteiger partial charge on any atom is 0.354 e. The van der Waals surface area contributed by atoms with Crippen molar-refractivity contribution in [1.29, 1.82) is 0 Å². The summed E-state index contributed by atoms with van der Waals surface area (Å²) in [7, 11) is 2.45. The molecule has 2 aromatic heterocycles. The van der Waals surface area contributed by atoms with E-state index in [0.717, 1.165) is 12.1 Å². The number of carbonyl (C=O) groups excluding carboxylic acids is 4. The van der Waals surface area contributed by atoms with Crippen molar-refractivity contribution in [2.75, 3.05) is 14.2 Å². The number of rotatable bonds is 9. The predicted octanol–water partition coefficient (Wildman–Crippen LogP) is 3.30. The number of ether oxygens (including phenoxy) is 2. The molecule has 2 heterocycles. The predicted molar refractivity (Wildman–Crippen MR) is 138 cm³/mol. The maximum absolute atomic E-state index is 13.4. The fraction of sp³-hybridized carbons (Fsp3) is 0.407. The van der Waals surface area contributed by atoms with Gasteiger partial charge in [0, 0.05) is 23.5 Å². The third-order valence-corrected chi connectivity index (χ3v) is 5.23. The molecule has 1 atom stereocenters. The van der Waals surface area contributed by atoms with E-state index in [9.17, 15) is 28.0 Å². The van der Waals surface area contributed by atoms with Gasteiger partial charge in [-0.1, -0.05) is 33.8 Å². The van der Waals surface area contributed by atoms with Gasteiger partial charge in [0.15, 0.2) is 0 Å². The number of methoxy groups -OCH3 is 2.